The average Bonchev–Trinajstić information content (AvgIpc) is 3.00. The number of pyridine rings is 1. The maximum Gasteiger partial charge on any atom is 0.308 e. The number of carboxylic acids is 1. The molecule has 3 rings (SSSR count). The lowest BCUT2D eigenvalue weighted by Crippen LogP contribution is -2.46. The summed E-state index contributed by atoms with van der Waals surface area (Å²) in [4.78, 5) is 27.4. The minimum absolute atomic E-state index is 0.224. The number of nitrogens with one attached hydrogen (secondary N) is 1. The molecule has 2 fully saturated rings. The second-order valence-electron chi connectivity index (χ2n) is 5.44. The van der Waals surface area contributed by atoms with Gasteiger partial charge < -0.3 is 10.4 Å². The van der Waals surface area contributed by atoms with Crippen LogP contribution in [0.1, 0.15) is 29.6 Å². The van der Waals surface area contributed by atoms with Gasteiger partial charge in [0.1, 0.15) is 0 Å². The molecule has 0 aromatic carbocycles. The third kappa shape index (κ3) is 2.09. The van der Waals surface area contributed by atoms with Gasteiger partial charge in [-0.05, 0) is 43.2 Å². The first kappa shape index (κ1) is 12.1. The summed E-state index contributed by atoms with van der Waals surface area (Å²) in [5.74, 6) is -0.909. The molecule has 1 aromatic heterocycles. The van der Waals surface area contributed by atoms with Crippen molar-refractivity contribution in [3.8, 4) is 0 Å². The summed E-state index contributed by atoms with van der Waals surface area (Å²) < 4.78 is 0. The molecule has 4 unspecified atom stereocenters. The highest BCUT2D eigenvalue weighted by Crippen LogP contribution is 2.48. The Morgan fingerprint density at radius 2 is 2.11 bits per heavy atom. The third-order valence-electron chi connectivity index (χ3n) is 4.42. The second kappa shape index (κ2) is 4.64. The van der Waals surface area contributed by atoms with Gasteiger partial charge in [-0.15, -0.1) is 0 Å². The van der Waals surface area contributed by atoms with E-state index >= 15 is 0 Å². The van der Waals surface area contributed by atoms with Crippen LogP contribution in [0.15, 0.2) is 24.5 Å². The van der Waals surface area contributed by atoms with Crippen LogP contribution in [0.25, 0.3) is 0 Å². The van der Waals surface area contributed by atoms with Crippen molar-refractivity contribution in [3.05, 3.63) is 30.1 Å². The molecule has 0 saturated heterocycles. The van der Waals surface area contributed by atoms with E-state index in [-0.39, 0.29) is 17.9 Å². The first-order chi connectivity index (χ1) is 9.16. The Hall–Kier alpha value is -1.91. The third-order valence-corrected chi connectivity index (χ3v) is 4.42. The van der Waals surface area contributed by atoms with Gasteiger partial charge in [0.05, 0.1) is 11.5 Å². The molecule has 2 N–H and O–H groups in total. The number of hydrogen-bond donors (Lipinski definition) is 2. The Labute approximate surface area is 111 Å². The lowest BCUT2D eigenvalue weighted by Gasteiger charge is -2.28. The molecule has 1 amide bonds. The van der Waals surface area contributed by atoms with Crippen LogP contribution in [-0.2, 0) is 4.79 Å². The number of rotatable bonds is 3. The van der Waals surface area contributed by atoms with Gasteiger partial charge in [-0.2, -0.15) is 0 Å². The minimum atomic E-state index is -0.788. The summed E-state index contributed by atoms with van der Waals surface area (Å²) in [6, 6.07) is 3.15. The molecule has 2 bridgehead atoms. The topological polar surface area (TPSA) is 79.3 Å². The second-order valence-corrected chi connectivity index (χ2v) is 5.44. The molecule has 19 heavy (non-hydrogen) atoms. The number of aliphatic carboxylic acids is 1. The van der Waals surface area contributed by atoms with E-state index in [9.17, 15) is 14.7 Å². The highest BCUT2D eigenvalue weighted by Gasteiger charge is 2.51. The predicted molar refractivity (Wildman–Crippen MR) is 67.4 cm³/mol. The fourth-order valence-corrected chi connectivity index (χ4v) is 3.59. The molecular weight excluding hydrogens is 244 g/mol. The maximum atomic E-state index is 12.1. The Bertz CT molecular complexity index is 503. The first-order valence-electron chi connectivity index (χ1n) is 6.60. The van der Waals surface area contributed by atoms with Gasteiger partial charge in [0.25, 0.3) is 5.91 Å². The fraction of sp³-hybridized carbons (Fsp3) is 0.500. The molecular formula is C14H16N2O3. The van der Waals surface area contributed by atoms with Gasteiger partial charge in [-0.25, -0.2) is 0 Å². The molecule has 1 heterocycles. The van der Waals surface area contributed by atoms with Crippen molar-refractivity contribution in [2.75, 3.05) is 0 Å². The van der Waals surface area contributed by atoms with Gasteiger partial charge >= 0.3 is 5.97 Å². The molecule has 2 aliphatic rings. The van der Waals surface area contributed by atoms with Crippen LogP contribution in [-0.4, -0.2) is 28.0 Å². The molecule has 0 spiro atoms. The van der Waals surface area contributed by atoms with Crippen molar-refractivity contribution in [1.29, 1.82) is 0 Å². The Kier molecular flexibility index (Phi) is 2.97. The van der Waals surface area contributed by atoms with Gasteiger partial charge in [0.2, 0.25) is 0 Å². The van der Waals surface area contributed by atoms with Crippen molar-refractivity contribution in [2.24, 2.45) is 17.8 Å². The van der Waals surface area contributed by atoms with Gasteiger partial charge in [0.15, 0.2) is 0 Å². The predicted octanol–water partition coefficient (Wildman–Crippen LogP) is 1.31. The number of aromatic nitrogens is 1. The van der Waals surface area contributed by atoms with E-state index in [2.05, 4.69) is 10.3 Å². The quantitative estimate of drug-likeness (QED) is 0.858. The maximum absolute atomic E-state index is 12.1. The van der Waals surface area contributed by atoms with Crippen molar-refractivity contribution in [2.45, 2.75) is 25.3 Å². The fourth-order valence-electron chi connectivity index (χ4n) is 3.59. The normalized spacial score (nSPS) is 32.2. The smallest absolute Gasteiger partial charge is 0.308 e. The molecule has 2 aliphatic carbocycles. The van der Waals surface area contributed by atoms with Crippen molar-refractivity contribution in [1.82, 2.24) is 10.3 Å². The van der Waals surface area contributed by atoms with Crippen molar-refractivity contribution >= 4 is 11.9 Å². The highest BCUT2D eigenvalue weighted by molar-refractivity contribution is 5.94. The molecule has 0 aliphatic heterocycles. The molecule has 5 nitrogen and oxygen atoms in total. The first-order valence-corrected chi connectivity index (χ1v) is 6.60. The van der Waals surface area contributed by atoms with E-state index in [4.69, 9.17) is 0 Å². The SMILES string of the molecule is O=C(NC1C2CCC(C2)C1C(=O)O)c1cccnc1. The molecule has 2 saturated carbocycles. The molecule has 0 radical (unpaired) electrons. The summed E-state index contributed by atoms with van der Waals surface area (Å²) in [6.07, 6.45) is 6.02. The number of fused-ring (bicyclic) bond motifs is 2. The van der Waals surface area contributed by atoms with Crippen LogP contribution in [0.2, 0.25) is 0 Å². The van der Waals surface area contributed by atoms with E-state index in [1.165, 1.54) is 6.20 Å². The number of hydrogen-bond acceptors (Lipinski definition) is 3. The Morgan fingerprint density at radius 1 is 1.32 bits per heavy atom. The van der Waals surface area contributed by atoms with Crippen molar-refractivity contribution in [3.63, 3.8) is 0 Å². The van der Waals surface area contributed by atoms with Crippen LogP contribution in [0.3, 0.4) is 0 Å². The lowest BCUT2D eigenvalue weighted by molar-refractivity contribution is -0.144. The number of carbonyl (C=O) groups is 2. The van der Waals surface area contributed by atoms with E-state index in [1.54, 1.807) is 18.3 Å². The summed E-state index contributed by atoms with van der Waals surface area (Å²) in [5, 5.41) is 12.2. The summed E-state index contributed by atoms with van der Waals surface area (Å²) in [5.41, 5.74) is 0.481. The minimum Gasteiger partial charge on any atom is -0.481 e. The van der Waals surface area contributed by atoms with Crippen LogP contribution >= 0.6 is 0 Å². The molecule has 100 valence electrons. The Morgan fingerprint density at radius 3 is 2.79 bits per heavy atom. The van der Waals surface area contributed by atoms with Gasteiger partial charge in [-0.3, -0.25) is 14.6 Å². The average molecular weight is 260 g/mol. The molecule has 5 heteroatoms. The highest BCUT2D eigenvalue weighted by atomic mass is 16.4. The summed E-state index contributed by atoms with van der Waals surface area (Å²) >= 11 is 0. The van der Waals surface area contributed by atoms with Crippen LogP contribution < -0.4 is 5.32 Å². The van der Waals surface area contributed by atoms with E-state index < -0.39 is 11.9 Å². The number of carbonyl (C=O) groups excluding carboxylic acids is 1. The Balaban J connectivity index is 1.76. The van der Waals surface area contributed by atoms with Gasteiger partial charge in [0, 0.05) is 18.4 Å². The standard InChI is InChI=1S/C14H16N2O3/c17-13(10-2-1-5-15-7-10)16-12-9-4-3-8(6-9)11(12)14(18)19/h1-2,5,7-9,11-12H,3-4,6H2,(H,16,17)(H,18,19). The van der Waals surface area contributed by atoms with Crippen molar-refractivity contribution < 1.29 is 14.7 Å². The van der Waals surface area contributed by atoms with Crippen LogP contribution in [0, 0.1) is 17.8 Å². The zero-order valence-corrected chi connectivity index (χ0v) is 10.5. The van der Waals surface area contributed by atoms with E-state index in [0.717, 1.165) is 19.3 Å². The zero-order valence-electron chi connectivity index (χ0n) is 10.5. The number of amides is 1. The monoisotopic (exact) mass is 260 g/mol. The number of carboxylic acid groups (broad SMARTS) is 1. The van der Waals surface area contributed by atoms with E-state index in [0.29, 0.717) is 11.5 Å². The number of nitrogens with zero attached hydrogens (tertiary/aromatic N) is 1. The van der Waals surface area contributed by atoms with Crippen LogP contribution in [0.4, 0.5) is 0 Å². The summed E-state index contributed by atoms with van der Waals surface area (Å²) in [7, 11) is 0. The zero-order chi connectivity index (χ0) is 13.4. The largest absolute Gasteiger partial charge is 0.481 e. The van der Waals surface area contributed by atoms with Gasteiger partial charge in [-0.1, -0.05) is 0 Å². The van der Waals surface area contributed by atoms with E-state index in [1.807, 2.05) is 0 Å². The lowest BCUT2D eigenvalue weighted by atomic mass is 9.84. The molecule has 1 aromatic rings. The molecule has 4 atom stereocenters. The van der Waals surface area contributed by atoms with Crippen LogP contribution in [0.5, 0.6) is 0 Å². The summed E-state index contributed by atoms with van der Waals surface area (Å²) in [6.45, 7) is 0.